The summed E-state index contributed by atoms with van der Waals surface area (Å²) in [5, 5.41) is 12.2. The first-order chi connectivity index (χ1) is 17.9. The van der Waals surface area contributed by atoms with Crippen molar-refractivity contribution in [2.24, 2.45) is 12.5 Å². The van der Waals surface area contributed by atoms with Crippen LogP contribution in [0.25, 0.3) is 44.3 Å². The average molecular weight is 486 g/mol. The molecular weight excluding hydrogens is 452 g/mol. The van der Waals surface area contributed by atoms with Crippen LogP contribution in [0, 0.1) is 23.7 Å². The van der Waals surface area contributed by atoms with E-state index in [1.807, 2.05) is 18.2 Å². The summed E-state index contributed by atoms with van der Waals surface area (Å²) >= 11 is 0. The Kier molecular flexibility index (Phi) is 5.64. The van der Waals surface area contributed by atoms with Gasteiger partial charge in [0.15, 0.2) is 6.20 Å². The van der Waals surface area contributed by atoms with Gasteiger partial charge in [0, 0.05) is 28.5 Å². The lowest BCUT2D eigenvalue weighted by atomic mass is 9.71. The number of fused-ring (bicyclic) bond motifs is 3. The SMILES string of the molecule is Cc1ccc2c(oc3c(-c4ccc(C5CCC(C)(C)CC5)cc4)c(C#N)ccc32)c1-c1cccc[n+]1C. The first-order valence-corrected chi connectivity index (χ1v) is 13.3. The Balaban J connectivity index is 1.51. The average Bonchev–Trinajstić information content (AvgIpc) is 3.27. The van der Waals surface area contributed by atoms with Crippen LogP contribution in [0.5, 0.6) is 0 Å². The molecule has 0 bridgehead atoms. The molecule has 0 unspecified atom stereocenters. The van der Waals surface area contributed by atoms with Crippen molar-refractivity contribution in [2.75, 3.05) is 0 Å². The van der Waals surface area contributed by atoms with Gasteiger partial charge in [0.2, 0.25) is 5.69 Å². The molecule has 3 heteroatoms. The summed E-state index contributed by atoms with van der Waals surface area (Å²) in [5.41, 5.74) is 9.44. The van der Waals surface area contributed by atoms with E-state index in [0.717, 1.165) is 49.9 Å². The zero-order valence-corrected chi connectivity index (χ0v) is 22.1. The molecule has 184 valence electrons. The number of nitriles is 1. The van der Waals surface area contributed by atoms with E-state index in [1.54, 1.807) is 0 Å². The standard InChI is InChI=1S/C34H33N2O/c1-22-8-14-27-28-15-13-26(21-35)31(33(28)37-32(27)30(22)29-7-5-6-20-36(29)4)25-11-9-23(10-12-25)24-16-18-34(2,3)19-17-24/h5-15,20,24H,16-19H2,1-4H3/q+1. The fourth-order valence-corrected chi connectivity index (χ4v) is 6.14. The minimum Gasteiger partial charge on any atom is -0.454 e. The maximum Gasteiger partial charge on any atom is 0.216 e. The summed E-state index contributed by atoms with van der Waals surface area (Å²) in [6.45, 7) is 6.89. The second-order valence-corrected chi connectivity index (χ2v) is 11.5. The zero-order chi connectivity index (χ0) is 25.7. The molecule has 2 heterocycles. The number of furan rings is 1. The van der Waals surface area contributed by atoms with Crippen LogP contribution in [0.4, 0.5) is 0 Å². The molecule has 5 aromatic rings. The summed E-state index contributed by atoms with van der Waals surface area (Å²) in [5.74, 6) is 0.622. The highest BCUT2D eigenvalue weighted by molar-refractivity contribution is 6.13. The Morgan fingerprint density at radius 2 is 1.54 bits per heavy atom. The number of hydrogen-bond acceptors (Lipinski definition) is 2. The molecule has 0 saturated heterocycles. The predicted molar refractivity (Wildman–Crippen MR) is 150 cm³/mol. The highest BCUT2D eigenvalue weighted by Crippen LogP contribution is 2.44. The fourth-order valence-electron chi connectivity index (χ4n) is 6.14. The molecule has 1 saturated carbocycles. The first-order valence-electron chi connectivity index (χ1n) is 13.3. The van der Waals surface area contributed by atoms with E-state index < -0.39 is 0 Å². The number of nitrogens with zero attached hydrogens (tertiary/aromatic N) is 2. The molecule has 0 aliphatic heterocycles. The Morgan fingerprint density at radius 1 is 0.865 bits per heavy atom. The predicted octanol–water partition coefficient (Wildman–Crippen LogP) is 8.61. The van der Waals surface area contributed by atoms with Gasteiger partial charge in [-0.15, -0.1) is 0 Å². The van der Waals surface area contributed by atoms with E-state index in [4.69, 9.17) is 4.42 Å². The zero-order valence-electron chi connectivity index (χ0n) is 22.1. The number of aromatic nitrogens is 1. The maximum absolute atomic E-state index is 10.0. The lowest BCUT2D eigenvalue weighted by Crippen LogP contribution is -2.30. The van der Waals surface area contributed by atoms with E-state index in [2.05, 4.69) is 93.2 Å². The van der Waals surface area contributed by atoms with E-state index in [1.165, 1.54) is 31.2 Å². The molecule has 0 amide bonds. The summed E-state index contributed by atoms with van der Waals surface area (Å²) in [6.07, 6.45) is 7.10. The molecule has 0 N–H and O–H groups in total. The number of aryl methyl sites for hydroxylation is 2. The topological polar surface area (TPSA) is 40.8 Å². The molecule has 1 fully saturated rings. The quantitative estimate of drug-likeness (QED) is 0.240. The largest absolute Gasteiger partial charge is 0.454 e. The number of hydrogen-bond donors (Lipinski definition) is 0. The van der Waals surface area contributed by atoms with Crippen LogP contribution in [0.2, 0.25) is 0 Å². The minimum absolute atomic E-state index is 0.461. The van der Waals surface area contributed by atoms with Crippen molar-refractivity contribution in [3.05, 3.63) is 89.6 Å². The van der Waals surface area contributed by atoms with Crippen molar-refractivity contribution < 1.29 is 8.98 Å². The fraction of sp³-hybridized carbons (Fsp3) is 0.294. The van der Waals surface area contributed by atoms with Crippen LogP contribution in [-0.4, -0.2) is 0 Å². The molecule has 6 rings (SSSR count). The molecule has 3 aromatic carbocycles. The van der Waals surface area contributed by atoms with Gasteiger partial charge in [-0.2, -0.15) is 5.26 Å². The third-order valence-electron chi connectivity index (χ3n) is 8.46. The molecule has 2 aromatic heterocycles. The molecule has 0 radical (unpaired) electrons. The van der Waals surface area contributed by atoms with Gasteiger partial charge in [0.25, 0.3) is 0 Å². The number of benzene rings is 3. The monoisotopic (exact) mass is 485 g/mol. The second kappa shape index (κ2) is 8.89. The highest BCUT2D eigenvalue weighted by Gasteiger charge is 2.28. The van der Waals surface area contributed by atoms with Gasteiger partial charge in [-0.1, -0.05) is 50.2 Å². The van der Waals surface area contributed by atoms with Crippen LogP contribution in [0.3, 0.4) is 0 Å². The van der Waals surface area contributed by atoms with Crippen molar-refractivity contribution in [3.8, 4) is 28.5 Å². The van der Waals surface area contributed by atoms with Crippen LogP contribution in [-0.2, 0) is 7.05 Å². The number of rotatable bonds is 3. The van der Waals surface area contributed by atoms with Gasteiger partial charge in [-0.05, 0) is 78.8 Å². The molecule has 1 aliphatic carbocycles. The van der Waals surface area contributed by atoms with Gasteiger partial charge in [0.05, 0.1) is 17.2 Å². The minimum atomic E-state index is 0.461. The summed E-state index contributed by atoms with van der Waals surface area (Å²) in [6, 6.07) is 25.8. The van der Waals surface area contributed by atoms with Gasteiger partial charge in [0.1, 0.15) is 18.2 Å². The van der Waals surface area contributed by atoms with Crippen molar-refractivity contribution in [1.82, 2.24) is 0 Å². The van der Waals surface area contributed by atoms with Gasteiger partial charge in [-0.3, -0.25) is 0 Å². The van der Waals surface area contributed by atoms with Crippen molar-refractivity contribution >= 4 is 21.9 Å². The molecule has 0 atom stereocenters. The van der Waals surface area contributed by atoms with E-state index in [-0.39, 0.29) is 0 Å². The number of pyridine rings is 1. The van der Waals surface area contributed by atoms with Crippen LogP contribution in [0.15, 0.2) is 77.3 Å². The molecular formula is C34H33N2O+. The summed E-state index contributed by atoms with van der Waals surface area (Å²) < 4.78 is 8.83. The van der Waals surface area contributed by atoms with Gasteiger partial charge >= 0.3 is 0 Å². The first kappa shape index (κ1) is 23.5. The van der Waals surface area contributed by atoms with E-state index >= 15 is 0 Å². The van der Waals surface area contributed by atoms with Gasteiger partial charge < -0.3 is 4.42 Å². The van der Waals surface area contributed by atoms with Crippen LogP contribution < -0.4 is 4.57 Å². The van der Waals surface area contributed by atoms with Gasteiger partial charge in [-0.25, -0.2) is 4.57 Å². The Bertz CT molecular complexity index is 1670. The van der Waals surface area contributed by atoms with Crippen molar-refractivity contribution in [3.63, 3.8) is 0 Å². The van der Waals surface area contributed by atoms with Crippen LogP contribution >= 0.6 is 0 Å². The highest BCUT2D eigenvalue weighted by atomic mass is 16.3. The summed E-state index contributed by atoms with van der Waals surface area (Å²) in [7, 11) is 2.06. The molecule has 0 spiro atoms. The Hall–Kier alpha value is -3.90. The summed E-state index contributed by atoms with van der Waals surface area (Å²) in [4.78, 5) is 0. The smallest absolute Gasteiger partial charge is 0.216 e. The Morgan fingerprint density at radius 3 is 2.22 bits per heavy atom. The molecule has 3 nitrogen and oxygen atoms in total. The molecule has 1 aliphatic rings. The lowest BCUT2D eigenvalue weighted by molar-refractivity contribution is -0.660. The molecule has 37 heavy (non-hydrogen) atoms. The van der Waals surface area contributed by atoms with Crippen molar-refractivity contribution in [1.29, 1.82) is 5.26 Å². The lowest BCUT2D eigenvalue weighted by Gasteiger charge is -2.34. The third kappa shape index (κ3) is 4.02. The normalized spacial score (nSPS) is 15.8. The van der Waals surface area contributed by atoms with E-state index in [9.17, 15) is 5.26 Å². The third-order valence-corrected chi connectivity index (χ3v) is 8.46. The van der Waals surface area contributed by atoms with E-state index in [0.29, 0.717) is 16.9 Å². The Labute approximate surface area is 219 Å². The van der Waals surface area contributed by atoms with Crippen LogP contribution in [0.1, 0.15) is 62.1 Å². The second-order valence-electron chi connectivity index (χ2n) is 11.5. The van der Waals surface area contributed by atoms with Crippen molar-refractivity contribution in [2.45, 2.75) is 52.4 Å². The maximum atomic E-state index is 10.0.